The van der Waals surface area contributed by atoms with Crippen LogP contribution >= 0.6 is 0 Å². The van der Waals surface area contributed by atoms with Crippen molar-refractivity contribution in [3.8, 4) is 5.75 Å². The summed E-state index contributed by atoms with van der Waals surface area (Å²) >= 11 is 0. The van der Waals surface area contributed by atoms with Gasteiger partial charge in [-0.2, -0.15) is 8.78 Å². The van der Waals surface area contributed by atoms with Crippen molar-refractivity contribution in [2.75, 3.05) is 0 Å². The highest BCUT2D eigenvalue weighted by Crippen LogP contribution is 2.20. The maximum absolute atomic E-state index is 12.3. The summed E-state index contributed by atoms with van der Waals surface area (Å²) in [5.41, 5.74) is 1.98. The van der Waals surface area contributed by atoms with Gasteiger partial charge in [-0.25, -0.2) is 0 Å². The van der Waals surface area contributed by atoms with E-state index in [2.05, 4.69) is 29.1 Å². The average Bonchev–Trinajstić information content (AvgIpc) is 2.47. The molecule has 0 fully saturated rings. The van der Waals surface area contributed by atoms with Gasteiger partial charge in [0.25, 0.3) is 0 Å². The highest BCUT2D eigenvalue weighted by atomic mass is 19.3. The topological polar surface area (TPSA) is 21.3 Å². The number of halogens is 2. The third kappa shape index (κ3) is 5.16. The Labute approximate surface area is 123 Å². The molecule has 0 aliphatic carbocycles. The molecular weight excluding hydrogens is 272 g/mol. The Morgan fingerprint density at radius 1 is 1.00 bits per heavy atom. The number of nitrogens with one attached hydrogen (secondary N) is 1. The Hall–Kier alpha value is -1.94. The van der Waals surface area contributed by atoms with Crippen molar-refractivity contribution in [1.29, 1.82) is 0 Å². The zero-order valence-corrected chi connectivity index (χ0v) is 11.9. The van der Waals surface area contributed by atoms with Crippen molar-refractivity contribution in [2.24, 2.45) is 0 Å². The van der Waals surface area contributed by atoms with Gasteiger partial charge < -0.3 is 10.1 Å². The van der Waals surface area contributed by atoms with Crippen molar-refractivity contribution in [3.63, 3.8) is 0 Å². The summed E-state index contributed by atoms with van der Waals surface area (Å²) in [4.78, 5) is 0. The van der Waals surface area contributed by atoms with E-state index in [9.17, 15) is 8.78 Å². The summed E-state index contributed by atoms with van der Waals surface area (Å²) in [7, 11) is 0. The smallest absolute Gasteiger partial charge is 0.387 e. The molecule has 4 heteroatoms. The van der Waals surface area contributed by atoms with Crippen molar-refractivity contribution in [1.82, 2.24) is 5.32 Å². The van der Waals surface area contributed by atoms with E-state index in [1.807, 2.05) is 24.3 Å². The molecule has 0 aromatic heterocycles. The summed E-state index contributed by atoms with van der Waals surface area (Å²) in [6, 6.07) is 17.3. The van der Waals surface area contributed by atoms with Gasteiger partial charge in [-0.3, -0.25) is 0 Å². The van der Waals surface area contributed by atoms with Crippen LogP contribution in [0.5, 0.6) is 5.75 Å². The largest absolute Gasteiger partial charge is 0.434 e. The maximum Gasteiger partial charge on any atom is 0.387 e. The second-order valence-corrected chi connectivity index (χ2v) is 4.96. The van der Waals surface area contributed by atoms with Crippen LogP contribution in [0.15, 0.2) is 54.6 Å². The SMILES string of the molecule is CC(Cc1ccccc1)NCc1ccccc1OC(F)F. The summed E-state index contributed by atoms with van der Waals surface area (Å²) in [5, 5.41) is 3.34. The van der Waals surface area contributed by atoms with Gasteiger partial charge in [-0.15, -0.1) is 0 Å². The first kappa shape index (κ1) is 15.4. The molecule has 2 rings (SSSR count). The molecule has 0 bridgehead atoms. The Morgan fingerprint density at radius 3 is 2.38 bits per heavy atom. The predicted molar refractivity (Wildman–Crippen MR) is 79.5 cm³/mol. The van der Waals surface area contributed by atoms with E-state index in [0.29, 0.717) is 6.54 Å². The zero-order valence-electron chi connectivity index (χ0n) is 11.9. The first-order chi connectivity index (χ1) is 10.1. The molecule has 0 saturated carbocycles. The first-order valence-electron chi connectivity index (χ1n) is 6.95. The first-order valence-corrected chi connectivity index (χ1v) is 6.95. The maximum atomic E-state index is 12.3. The van der Waals surface area contributed by atoms with E-state index in [0.717, 1.165) is 12.0 Å². The van der Waals surface area contributed by atoms with Gasteiger partial charge in [-0.1, -0.05) is 48.5 Å². The lowest BCUT2D eigenvalue weighted by Crippen LogP contribution is -2.27. The fraction of sp³-hybridized carbons (Fsp3) is 0.294. The molecule has 2 nitrogen and oxygen atoms in total. The Bertz CT molecular complexity index is 545. The van der Waals surface area contributed by atoms with Gasteiger partial charge in [0, 0.05) is 18.2 Å². The van der Waals surface area contributed by atoms with Crippen LogP contribution in [0.25, 0.3) is 0 Å². The van der Waals surface area contributed by atoms with Crippen LogP contribution in [0.2, 0.25) is 0 Å². The lowest BCUT2D eigenvalue weighted by molar-refractivity contribution is -0.0505. The minimum Gasteiger partial charge on any atom is -0.434 e. The summed E-state index contributed by atoms with van der Waals surface area (Å²) in [6.45, 7) is -0.228. The molecule has 1 unspecified atom stereocenters. The second-order valence-electron chi connectivity index (χ2n) is 4.96. The van der Waals surface area contributed by atoms with Gasteiger partial charge in [0.1, 0.15) is 5.75 Å². The van der Waals surface area contributed by atoms with Crippen molar-refractivity contribution in [3.05, 3.63) is 65.7 Å². The number of hydrogen-bond donors (Lipinski definition) is 1. The lowest BCUT2D eigenvalue weighted by Gasteiger charge is -2.16. The molecule has 1 N–H and O–H groups in total. The van der Waals surface area contributed by atoms with Crippen LogP contribution in [-0.2, 0) is 13.0 Å². The van der Waals surface area contributed by atoms with Crippen LogP contribution in [0.4, 0.5) is 8.78 Å². The summed E-state index contributed by atoms with van der Waals surface area (Å²) < 4.78 is 29.2. The zero-order chi connectivity index (χ0) is 15.1. The van der Waals surface area contributed by atoms with Crippen LogP contribution in [-0.4, -0.2) is 12.7 Å². The van der Waals surface area contributed by atoms with Gasteiger partial charge in [0.2, 0.25) is 0 Å². The molecule has 21 heavy (non-hydrogen) atoms. The van der Waals surface area contributed by atoms with E-state index in [-0.39, 0.29) is 11.8 Å². The van der Waals surface area contributed by atoms with Gasteiger partial charge >= 0.3 is 6.61 Å². The van der Waals surface area contributed by atoms with Gasteiger partial charge in [-0.05, 0) is 25.0 Å². The number of alkyl halides is 2. The fourth-order valence-electron chi connectivity index (χ4n) is 2.18. The van der Waals surface area contributed by atoms with Gasteiger partial charge in [0.15, 0.2) is 0 Å². The molecule has 112 valence electrons. The van der Waals surface area contributed by atoms with Crippen LogP contribution in [0.1, 0.15) is 18.1 Å². The molecule has 0 saturated heterocycles. The molecule has 2 aromatic carbocycles. The molecule has 2 aromatic rings. The van der Waals surface area contributed by atoms with Crippen LogP contribution < -0.4 is 10.1 Å². The second kappa shape index (κ2) is 7.74. The number of hydrogen-bond acceptors (Lipinski definition) is 2. The molecule has 0 amide bonds. The Balaban J connectivity index is 1.90. The summed E-state index contributed by atoms with van der Waals surface area (Å²) in [5.74, 6) is 0.229. The third-order valence-corrected chi connectivity index (χ3v) is 3.21. The fourth-order valence-corrected chi connectivity index (χ4v) is 2.18. The van der Waals surface area contributed by atoms with Crippen molar-refractivity contribution in [2.45, 2.75) is 32.5 Å². The molecular formula is C17H19F2NO. The molecule has 0 aliphatic rings. The van der Waals surface area contributed by atoms with Crippen LogP contribution in [0.3, 0.4) is 0 Å². The average molecular weight is 291 g/mol. The van der Waals surface area contributed by atoms with Crippen LogP contribution in [0, 0.1) is 0 Å². The van der Waals surface area contributed by atoms with E-state index < -0.39 is 6.61 Å². The van der Waals surface area contributed by atoms with Gasteiger partial charge in [0.05, 0.1) is 0 Å². The predicted octanol–water partition coefficient (Wildman–Crippen LogP) is 4.01. The molecule has 1 atom stereocenters. The van der Waals surface area contributed by atoms with E-state index >= 15 is 0 Å². The molecule has 0 aliphatic heterocycles. The van der Waals surface area contributed by atoms with E-state index in [1.54, 1.807) is 18.2 Å². The summed E-state index contributed by atoms with van der Waals surface area (Å²) in [6.07, 6.45) is 0.888. The quantitative estimate of drug-likeness (QED) is 0.832. The van der Waals surface area contributed by atoms with E-state index in [4.69, 9.17) is 0 Å². The molecule has 0 radical (unpaired) electrons. The monoisotopic (exact) mass is 291 g/mol. The van der Waals surface area contributed by atoms with E-state index in [1.165, 1.54) is 5.56 Å². The van der Waals surface area contributed by atoms with Crippen molar-refractivity contribution < 1.29 is 13.5 Å². The highest BCUT2D eigenvalue weighted by Gasteiger charge is 2.10. The highest BCUT2D eigenvalue weighted by molar-refractivity contribution is 5.33. The molecule has 0 spiro atoms. The number of benzene rings is 2. The Kier molecular flexibility index (Phi) is 5.69. The minimum absolute atomic E-state index is 0.229. The minimum atomic E-state index is -2.80. The number of ether oxygens (including phenoxy) is 1. The third-order valence-electron chi connectivity index (χ3n) is 3.21. The normalized spacial score (nSPS) is 12.4. The number of para-hydroxylation sites is 1. The van der Waals surface area contributed by atoms with Crippen molar-refractivity contribution >= 4 is 0 Å². The number of rotatable bonds is 7. The lowest BCUT2D eigenvalue weighted by atomic mass is 10.1. The Morgan fingerprint density at radius 2 is 1.67 bits per heavy atom. The molecule has 0 heterocycles. The standard InChI is InChI=1S/C17H19F2NO/c1-13(11-14-7-3-2-4-8-14)20-12-15-9-5-6-10-16(15)21-17(18)19/h2-10,13,17,20H,11-12H2,1H3.